The first kappa shape index (κ1) is 24.9. The third kappa shape index (κ3) is 8.03. The van der Waals surface area contributed by atoms with Gasteiger partial charge in [-0.3, -0.25) is 19.3 Å². The fourth-order valence-corrected chi connectivity index (χ4v) is 6.29. The Hall–Kier alpha value is -4.36. The molecule has 5 atom stereocenters. The molecule has 232 valence electrons. The molecule has 3 N–H and O–H groups in total. The van der Waals surface area contributed by atoms with Crippen molar-refractivity contribution in [3.63, 3.8) is 0 Å². The predicted octanol–water partition coefficient (Wildman–Crippen LogP) is 4.84. The van der Waals surface area contributed by atoms with Gasteiger partial charge in [0, 0.05) is 53.7 Å². The Bertz CT molecular complexity index is 1910. The maximum absolute atomic E-state index is 13.9. The van der Waals surface area contributed by atoms with Crippen molar-refractivity contribution < 1.29 is 32.1 Å². The summed E-state index contributed by atoms with van der Waals surface area (Å²) in [6, 6.07) is 22.7. The van der Waals surface area contributed by atoms with Gasteiger partial charge in [0.1, 0.15) is 11.5 Å². The minimum absolute atomic E-state index is 0.215. The predicted molar refractivity (Wildman–Crippen MR) is 177 cm³/mol. The number of carbonyl (C=O) groups excluding carboxylic acids is 3. The Balaban J connectivity index is 1.33. The number of allylic oxidation sites excluding steroid dienone is 1. The monoisotopic (exact) mass is 629 g/mol. The molecule has 1 aliphatic heterocycles. The number of carbonyl (C=O) groups is 3. The van der Waals surface area contributed by atoms with E-state index in [-0.39, 0.29) is 30.9 Å². The van der Waals surface area contributed by atoms with Crippen LogP contribution in [-0.4, -0.2) is 55.9 Å². The Morgan fingerprint density at radius 2 is 1.80 bits per heavy atom. The van der Waals surface area contributed by atoms with Gasteiger partial charge in [-0.25, -0.2) is 0 Å². The molecule has 8 nitrogen and oxygen atoms in total. The van der Waals surface area contributed by atoms with Gasteiger partial charge < -0.3 is 20.5 Å². The fourth-order valence-electron chi connectivity index (χ4n) is 4.84. The van der Waals surface area contributed by atoms with Gasteiger partial charge in [-0.1, -0.05) is 60.4 Å². The lowest BCUT2D eigenvalue weighted by Crippen LogP contribution is -2.36. The second kappa shape index (κ2) is 15.1. The van der Waals surface area contributed by atoms with Crippen molar-refractivity contribution >= 4 is 35.2 Å². The molecule has 2 aliphatic rings. The van der Waals surface area contributed by atoms with Crippen LogP contribution in [0.3, 0.4) is 0 Å². The first-order valence-corrected chi connectivity index (χ1v) is 15.2. The van der Waals surface area contributed by atoms with Gasteiger partial charge in [0.25, 0.3) is 0 Å². The lowest BCUT2D eigenvalue weighted by atomic mass is 9.89. The Kier molecular flexibility index (Phi) is 8.35. The highest BCUT2D eigenvalue weighted by Gasteiger charge is 2.43. The van der Waals surface area contributed by atoms with Crippen LogP contribution in [0.2, 0.25) is 0 Å². The molecule has 0 saturated carbocycles. The van der Waals surface area contributed by atoms with Gasteiger partial charge in [-0.05, 0) is 66.7 Å². The highest BCUT2D eigenvalue weighted by atomic mass is 32.2. The summed E-state index contributed by atoms with van der Waals surface area (Å²) < 4.78 is 61.6. The average Bonchev–Trinajstić information content (AvgIpc) is 3.44. The van der Waals surface area contributed by atoms with E-state index < -0.39 is 52.9 Å². The van der Waals surface area contributed by atoms with Gasteiger partial charge in [0.05, 0.1) is 15.4 Å². The van der Waals surface area contributed by atoms with E-state index in [1.54, 1.807) is 18.2 Å². The van der Waals surface area contributed by atoms with Gasteiger partial charge >= 0.3 is 0 Å². The molecule has 3 aromatic carbocycles. The summed E-state index contributed by atoms with van der Waals surface area (Å²) in [6.07, 6.45) is -7.83. The van der Waals surface area contributed by atoms with Crippen molar-refractivity contribution in [2.45, 2.75) is 42.0 Å². The topological polar surface area (TPSA) is 111 Å². The average molecular weight is 630 g/mol. The van der Waals surface area contributed by atoms with Crippen molar-refractivity contribution in [2.24, 2.45) is 11.6 Å². The molecule has 5 rings (SSSR count). The van der Waals surface area contributed by atoms with E-state index in [2.05, 4.69) is 17.2 Å². The number of methoxy groups -OCH3 is 2. The molecule has 9 heteroatoms. The molecule has 45 heavy (non-hydrogen) atoms. The number of hydrogen-bond acceptors (Lipinski definition) is 6. The van der Waals surface area contributed by atoms with E-state index in [4.69, 9.17) is 23.4 Å². The van der Waals surface area contributed by atoms with Crippen molar-refractivity contribution in [3.05, 3.63) is 113 Å². The molecule has 3 amide bonds. The summed E-state index contributed by atoms with van der Waals surface area (Å²) in [7, 11) is 2.07. The molecule has 3 unspecified atom stereocenters. The quantitative estimate of drug-likeness (QED) is 0.246. The summed E-state index contributed by atoms with van der Waals surface area (Å²) in [4.78, 5) is 40.7. The highest BCUT2D eigenvalue weighted by Crippen LogP contribution is 2.46. The van der Waals surface area contributed by atoms with E-state index in [0.717, 1.165) is 37.0 Å². The van der Waals surface area contributed by atoms with E-state index in [9.17, 15) is 14.4 Å². The van der Waals surface area contributed by atoms with E-state index >= 15 is 0 Å². The van der Waals surface area contributed by atoms with E-state index in [1.807, 2.05) is 54.6 Å². The zero-order valence-electron chi connectivity index (χ0n) is 30.8. The van der Waals surface area contributed by atoms with Crippen LogP contribution in [0, 0.1) is 17.7 Å². The van der Waals surface area contributed by atoms with Crippen LogP contribution >= 0.6 is 11.8 Å². The second-order valence-electron chi connectivity index (χ2n) is 10.1. The minimum atomic E-state index is -2.84. The molecule has 3 aromatic rings. The number of rotatable bonds is 10. The third-order valence-electron chi connectivity index (χ3n) is 7.12. The molecular formula is C36H37N3O5S. The fraction of sp³-hybridized carbons (Fsp3) is 0.306. The number of hydrogen-bond donors (Lipinski definition) is 2. The summed E-state index contributed by atoms with van der Waals surface area (Å²) in [5, 5.41) is 1.25. The van der Waals surface area contributed by atoms with Crippen molar-refractivity contribution in [1.82, 2.24) is 5.32 Å². The number of anilines is 1. The highest BCUT2D eigenvalue weighted by molar-refractivity contribution is 8.01. The zero-order valence-corrected chi connectivity index (χ0v) is 25.6. The molecule has 0 radical (unpaired) electrons. The Morgan fingerprint density at radius 1 is 1.07 bits per heavy atom. The number of primary amides is 1. The van der Waals surface area contributed by atoms with Crippen LogP contribution < -0.4 is 16.0 Å². The first-order chi connectivity index (χ1) is 24.1. The van der Waals surface area contributed by atoms with Crippen LogP contribution in [0.1, 0.15) is 59.9 Å². The van der Waals surface area contributed by atoms with Gasteiger partial charge in [0.15, 0.2) is 0 Å². The zero-order chi connectivity index (χ0) is 37.2. The normalized spacial score (nSPS) is 30.7. The molecule has 1 fully saturated rings. The maximum atomic E-state index is 13.9. The van der Waals surface area contributed by atoms with E-state index in [1.165, 1.54) is 22.7 Å². The van der Waals surface area contributed by atoms with Crippen molar-refractivity contribution in [1.29, 1.82) is 0 Å². The smallest absolute Gasteiger partial charge is 0.248 e. The summed E-state index contributed by atoms with van der Waals surface area (Å²) in [5.41, 5.74) is 8.56. The van der Waals surface area contributed by atoms with Crippen molar-refractivity contribution in [2.75, 3.05) is 25.7 Å². The number of thioether (sulfide) groups is 1. The van der Waals surface area contributed by atoms with Crippen LogP contribution in [0.15, 0.2) is 91.0 Å². The lowest BCUT2D eigenvalue weighted by Gasteiger charge is -2.29. The number of benzene rings is 3. The summed E-state index contributed by atoms with van der Waals surface area (Å²) in [5.74, 6) is 2.44. The number of ether oxygens (including phenoxy) is 2. The maximum Gasteiger partial charge on any atom is 0.248 e. The molecule has 0 aromatic heterocycles. The van der Waals surface area contributed by atoms with Crippen LogP contribution in [0.25, 0.3) is 0 Å². The largest absolute Gasteiger partial charge is 0.378 e. The number of nitrogens with two attached hydrogens (primary N) is 1. The van der Waals surface area contributed by atoms with Crippen LogP contribution in [-0.2, 0) is 19.1 Å². The number of amides is 3. The summed E-state index contributed by atoms with van der Waals surface area (Å²) in [6.45, 7) is -0.228. The number of nitrogens with one attached hydrogen (secondary N) is 1. The first-order valence-electron chi connectivity index (χ1n) is 17.2. The molecular weight excluding hydrogens is 586 g/mol. The summed E-state index contributed by atoms with van der Waals surface area (Å²) >= 11 is 1.26. The third-order valence-corrected chi connectivity index (χ3v) is 8.56. The SMILES string of the molecule is [2H]C1=CC([2H])(CCNC(=O)C[C@H]2S[C@@H](c3ccc(C#Cc4ccccc4)cc3)N(c3cccc(C(N)=O)c3)C2=O)C([2H])([2H])C([2H])(OC)C1([2H])OC. The molecule has 1 aliphatic carbocycles. The molecule has 0 bridgehead atoms. The number of nitrogens with zero attached hydrogens (tertiary/aromatic N) is 1. The minimum Gasteiger partial charge on any atom is -0.378 e. The Labute approximate surface area is 276 Å². The van der Waals surface area contributed by atoms with E-state index in [0.29, 0.717) is 5.69 Å². The molecule has 1 heterocycles. The van der Waals surface area contributed by atoms with Crippen LogP contribution in [0.4, 0.5) is 5.69 Å². The van der Waals surface area contributed by atoms with Crippen molar-refractivity contribution in [3.8, 4) is 11.8 Å². The second-order valence-corrected chi connectivity index (χ2v) is 11.4. The van der Waals surface area contributed by atoms with Gasteiger partial charge in [-0.2, -0.15) is 0 Å². The Morgan fingerprint density at radius 3 is 2.49 bits per heavy atom. The van der Waals surface area contributed by atoms with Gasteiger partial charge in [-0.15, -0.1) is 11.8 Å². The van der Waals surface area contributed by atoms with Crippen LogP contribution in [0.5, 0.6) is 0 Å². The standard InChI is InChI=1S/C36H37N3O5S/c1-43-30-18-15-26(21-31(30)44-2)19-20-38-33(40)23-32-35(42)39(29-10-6-9-28(22-29)34(37)41)36(45-32)27-16-13-25(14-17-27)12-11-24-7-4-3-5-8-24/h3-10,13-18,22,26,30-32,36H,19-21,23H2,1-2H3,(H2,37,41)(H,38,40)/t26?,30?,31?,32-,36+/m1/s1/i18D,21D2,26D,30D,31D. The lowest BCUT2D eigenvalue weighted by molar-refractivity contribution is -0.124. The molecule has 1 saturated heterocycles. The van der Waals surface area contributed by atoms with Gasteiger partial charge in [0.2, 0.25) is 17.7 Å². The molecule has 0 spiro atoms.